The summed E-state index contributed by atoms with van der Waals surface area (Å²) in [4.78, 5) is 8.24. The molecular weight excluding hydrogens is 226 g/mol. The monoisotopic (exact) mass is 237 g/mol. The summed E-state index contributed by atoms with van der Waals surface area (Å²) in [5, 5.41) is 3.66. The minimum absolute atomic E-state index is 0.483. The maximum atomic E-state index is 5.95. The van der Waals surface area contributed by atoms with Crippen LogP contribution in [0, 0.1) is 0 Å². The molecule has 0 amide bonds. The molecular formula is C11H12ClN3O. The van der Waals surface area contributed by atoms with Gasteiger partial charge in [-0.15, -0.1) is 0 Å². The molecule has 0 aliphatic carbocycles. The van der Waals surface area contributed by atoms with Crippen LogP contribution in [0.3, 0.4) is 0 Å². The first-order chi connectivity index (χ1) is 7.79. The van der Waals surface area contributed by atoms with E-state index in [4.69, 9.17) is 16.0 Å². The first kappa shape index (κ1) is 11.0. The molecule has 0 aliphatic heterocycles. The number of rotatable bonds is 4. The van der Waals surface area contributed by atoms with Crippen molar-refractivity contribution in [3.8, 4) is 0 Å². The van der Waals surface area contributed by atoms with Crippen LogP contribution in [-0.4, -0.2) is 9.97 Å². The van der Waals surface area contributed by atoms with Gasteiger partial charge in [-0.2, -0.15) is 0 Å². The Kier molecular flexibility index (Phi) is 3.41. The Morgan fingerprint density at radius 2 is 2.31 bits per heavy atom. The second kappa shape index (κ2) is 4.99. The Morgan fingerprint density at radius 1 is 1.44 bits per heavy atom. The van der Waals surface area contributed by atoms with E-state index < -0.39 is 0 Å². The lowest BCUT2D eigenvalue weighted by Crippen LogP contribution is -2.01. The number of halogens is 1. The smallest absolute Gasteiger partial charge is 0.213 e. The number of aromatic nitrogens is 2. The molecule has 0 unspecified atom stereocenters. The molecule has 0 fully saturated rings. The molecule has 4 nitrogen and oxygen atoms in total. The number of nitrogens with one attached hydrogen (secondary N) is 1. The van der Waals surface area contributed by atoms with Crippen molar-refractivity contribution in [3.05, 3.63) is 41.2 Å². The van der Waals surface area contributed by atoms with E-state index in [1.807, 2.05) is 6.92 Å². The van der Waals surface area contributed by atoms with Crippen molar-refractivity contribution in [2.45, 2.75) is 19.9 Å². The number of hydrogen-bond donors (Lipinski definition) is 1. The van der Waals surface area contributed by atoms with Crippen molar-refractivity contribution >= 4 is 17.4 Å². The van der Waals surface area contributed by atoms with E-state index in [2.05, 4.69) is 15.3 Å². The van der Waals surface area contributed by atoms with E-state index in [0.717, 1.165) is 12.2 Å². The van der Waals surface area contributed by atoms with Gasteiger partial charge in [0.05, 0.1) is 17.8 Å². The summed E-state index contributed by atoms with van der Waals surface area (Å²) in [5.74, 6) is 2.16. The second-order valence-electron chi connectivity index (χ2n) is 3.26. The molecule has 0 radical (unpaired) electrons. The van der Waals surface area contributed by atoms with Crippen LogP contribution >= 0.6 is 11.6 Å². The van der Waals surface area contributed by atoms with Gasteiger partial charge in [0.15, 0.2) is 0 Å². The fourth-order valence-electron chi connectivity index (χ4n) is 1.27. The Labute approximate surface area is 98.7 Å². The van der Waals surface area contributed by atoms with Gasteiger partial charge in [0.1, 0.15) is 11.6 Å². The average molecular weight is 238 g/mol. The van der Waals surface area contributed by atoms with E-state index in [9.17, 15) is 0 Å². The summed E-state index contributed by atoms with van der Waals surface area (Å²) in [5.41, 5.74) is 0. The van der Waals surface area contributed by atoms with Gasteiger partial charge in [-0.05, 0) is 12.1 Å². The number of hydrogen-bond acceptors (Lipinski definition) is 4. The summed E-state index contributed by atoms with van der Waals surface area (Å²) < 4.78 is 5.45. The first-order valence-corrected chi connectivity index (χ1v) is 5.45. The Hall–Kier alpha value is -1.55. The van der Waals surface area contributed by atoms with Gasteiger partial charge < -0.3 is 9.73 Å². The van der Waals surface area contributed by atoms with Crippen molar-refractivity contribution in [1.29, 1.82) is 0 Å². The molecule has 0 aromatic carbocycles. The van der Waals surface area contributed by atoms with Crippen molar-refractivity contribution in [2.75, 3.05) is 5.32 Å². The first-order valence-electron chi connectivity index (χ1n) is 5.07. The molecule has 0 spiro atoms. The highest BCUT2D eigenvalue weighted by atomic mass is 35.5. The SMILES string of the molecule is CCc1cnc(CNc2ncccc2Cl)o1. The molecule has 0 aliphatic rings. The summed E-state index contributed by atoms with van der Waals surface area (Å²) in [6, 6.07) is 3.57. The van der Waals surface area contributed by atoms with Crippen LogP contribution in [0.1, 0.15) is 18.6 Å². The minimum atomic E-state index is 0.483. The van der Waals surface area contributed by atoms with Gasteiger partial charge in [0.25, 0.3) is 0 Å². The second-order valence-corrected chi connectivity index (χ2v) is 3.67. The van der Waals surface area contributed by atoms with Crippen LogP contribution in [0.15, 0.2) is 28.9 Å². The van der Waals surface area contributed by atoms with Gasteiger partial charge in [0, 0.05) is 12.6 Å². The van der Waals surface area contributed by atoms with Crippen molar-refractivity contribution in [3.63, 3.8) is 0 Å². The van der Waals surface area contributed by atoms with E-state index in [0.29, 0.717) is 23.3 Å². The largest absolute Gasteiger partial charge is 0.444 e. The topological polar surface area (TPSA) is 51.0 Å². The molecule has 2 heterocycles. The van der Waals surface area contributed by atoms with Crippen LogP contribution < -0.4 is 5.32 Å². The third-order valence-electron chi connectivity index (χ3n) is 2.12. The normalized spacial score (nSPS) is 10.4. The lowest BCUT2D eigenvalue weighted by Gasteiger charge is -2.03. The van der Waals surface area contributed by atoms with Gasteiger partial charge in [0.2, 0.25) is 5.89 Å². The fourth-order valence-corrected chi connectivity index (χ4v) is 1.46. The van der Waals surface area contributed by atoms with E-state index >= 15 is 0 Å². The number of aryl methyl sites for hydroxylation is 1. The van der Waals surface area contributed by atoms with Gasteiger partial charge >= 0.3 is 0 Å². The summed E-state index contributed by atoms with van der Waals surface area (Å²) in [6.45, 7) is 2.50. The minimum Gasteiger partial charge on any atom is -0.444 e. The highest BCUT2D eigenvalue weighted by molar-refractivity contribution is 6.32. The summed E-state index contributed by atoms with van der Waals surface area (Å²) >= 11 is 5.95. The molecule has 0 saturated heterocycles. The maximum absolute atomic E-state index is 5.95. The van der Waals surface area contributed by atoms with Crippen LogP contribution in [0.4, 0.5) is 5.82 Å². The highest BCUT2D eigenvalue weighted by Gasteiger charge is 2.04. The van der Waals surface area contributed by atoms with Crippen molar-refractivity contribution < 1.29 is 4.42 Å². The van der Waals surface area contributed by atoms with Crippen LogP contribution in [-0.2, 0) is 13.0 Å². The molecule has 1 N–H and O–H groups in total. The zero-order valence-electron chi connectivity index (χ0n) is 8.90. The lowest BCUT2D eigenvalue weighted by molar-refractivity contribution is 0.465. The van der Waals surface area contributed by atoms with Gasteiger partial charge in [-0.3, -0.25) is 0 Å². The summed E-state index contributed by atoms with van der Waals surface area (Å²) in [6.07, 6.45) is 4.26. The molecule has 5 heteroatoms. The van der Waals surface area contributed by atoms with Crippen LogP contribution in [0.2, 0.25) is 5.02 Å². The zero-order chi connectivity index (χ0) is 11.4. The molecule has 84 valence electrons. The Balaban J connectivity index is 1.99. The molecule has 0 bridgehead atoms. The van der Waals surface area contributed by atoms with E-state index in [1.165, 1.54) is 0 Å². The predicted molar refractivity (Wildman–Crippen MR) is 62.5 cm³/mol. The quantitative estimate of drug-likeness (QED) is 0.888. The molecule has 0 atom stereocenters. The average Bonchev–Trinajstić information content (AvgIpc) is 2.76. The Morgan fingerprint density at radius 3 is 3.00 bits per heavy atom. The molecule has 2 rings (SSSR count). The maximum Gasteiger partial charge on any atom is 0.213 e. The predicted octanol–water partition coefficient (Wildman–Crippen LogP) is 2.90. The fraction of sp³-hybridized carbons (Fsp3) is 0.273. The van der Waals surface area contributed by atoms with Crippen molar-refractivity contribution in [2.24, 2.45) is 0 Å². The van der Waals surface area contributed by atoms with Crippen LogP contribution in [0.25, 0.3) is 0 Å². The molecule has 16 heavy (non-hydrogen) atoms. The van der Waals surface area contributed by atoms with E-state index in [1.54, 1.807) is 24.5 Å². The van der Waals surface area contributed by atoms with E-state index in [-0.39, 0.29) is 0 Å². The van der Waals surface area contributed by atoms with Gasteiger partial charge in [-0.25, -0.2) is 9.97 Å². The van der Waals surface area contributed by atoms with Crippen LogP contribution in [0.5, 0.6) is 0 Å². The third-order valence-corrected chi connectivity index (χ3v) is 2.42. The molecule has 2 aromatic rings. The number of anilines is 1. The number of nitrogens with zero attached hydrogens (tertiary/aromatic N) is 2. The highest BCUT2D eigenvalue weighted by Crippen LogP contribution is 2.18. The number of pyridine rings is 1. The zero-order valence-corrected chi connectivity index (χ0v) is 9.66. The molecule has 2 aromatic heterocycles. The lowest BCUT2D eigenvalue weighted by atomic mass is 10.4. The molecule has 0 saturated carbocycles. The Bertz CT molecular complexity index is 470. The number of oxazole rings is 1. The summed E-state index contributed by atoms with van der Waals surface area (Å²) in [7, 11) is 0. The van der Waals surface area contributed by atoms with Crippen molar-refractivity contribution in [1.82, 2.24) is 9.97 Å². The van der Waals surface area contributed by atoms with Gasteiger partial charge in [-0.1, -0.05) is 18.5 Å². The third kappa shape index (κ3) is 2.52. The standard InChI is InChI=1S/C11H12ClN3O/c1-2-8-6-14-10(16-8)7-15-11-9(12)4-3-5-13-11/h3-6H,2,7H2,1H3,(H,13,15).